The Hall–Kier alpha value is -1.56. The molecule has 0 aliphatic rings. The zero-order chi connectivity index (χ0) is 16.1. The fourth-order valence-corrected chi connectivity index (χ4v) is 3.51. The van der Waals surface area contributed by atoms with Crippen molar-refractivity contribution in [2.75, 3.05) is 0 Å². The third-order valence-corrected chi connectivity index (χ3v) is 4.47. The van der Waals surface area contributed by atoms with Gasteiger partial charge in [-0.1, -0.05) is 76.6 Å². The molecule has 0 spiro atoms. The van der Waals surface area contributed by atoms with Crippen LogP contribution in [-0.2, 0) is 12.8 Å². The van der Waals surface area contributed by atoms with E-state index in [9.17, 15) is 0 Å². The average molecular weight is 293 g/mol. The monoisotopic (exact) mass is 293 g/mol. The maximum atomic E-state index is 2.35. The highest BCUT2D eigenvalue weighted by molar-refractivity contribution is 5.54. The first-order valence-electron chi connectivity index (χ1n) is 8.64. The first-order chi connectivity index (χ1) is 10.6. The molecule has 0 atom stereocenters. The summed E-state index contributed by atoms with van der Waals surface area (Å²) in [5.74, 6) is 2.00. The highest BCUT2D eigenvalue weighted by atomic mass is 14.3. The lowest BCUT2D eigenvalue weighted by atomic mass is 9.77. The number of hydrogen-bond acceptors (Lipinski definition) is 0. The van der Waals surface area contributed by atoms with Gasteiger partial charge >= 0.3 is 0 Å². The van der Waals surface area contributed by atoms with E-state index in [-0.39, 0.29) is 0 Å². The van der Waals surface area contributed by atoms with Crippen LogP contribution in [0.2, 0.25) is 0 Å². The topological polar surface area (TPSA) is 0 Å². The summed E-state index contributed by atoms with van der Waals surface area (Å²) in [6, 6.07) is 15.5. The van der Waals surface area contributed by atoms with Crippen LogP contribution in [0.5, 0.6) is 0 Å². The lowest BCUT2D eigenvalue weighted by molar-refractivity contribution is 0.701. The molecule has 2 rings (SSSR count). The summed E-state index contributed by atoms with van der Waals surface area (Å²) in [4.78, 5) is 0. The Morgan fingerprint density at radius 1 is 0.909 bits per heavy atom. The van der Waals surface area contributed by atoms with Gasteiger partial charge < -0.3 is 0 Å². The third kappa shape index (κ3) is 3.43. The number of rotatable bonds is 6. The molecule has 0 N–H and O–H groups in total. The van der Waals surface area contributed by atoms with E-state index in [2.05, 4.69) is 77.1 Å². The predicted octanol–water partition coefficient (Wildman–Crippen LogP) is 6.14. The van der Waals surface area contributed by atoms with Gasteiger partial charge in [-0.25, -0.2) is 0 Å². The average Bonchev–Trinajstić information content (AvgIpc) is 2.51. The van der Waals surface area contributed by atoms with E-state index in [0.29, 0.717) is 5.92 Å². The van der Waals surface area contributed by atoms with Crippen molar-refractivity contribution in [2.45, 2.75) is 53.9 Å². The molecular weight excluding hydrogens is 264 g/mol. The molecule has 2 aromatic rings. The van der Waals surface area contributed by atoms with Crippen LogP contribution in [0.15, 0.2) is 42.5 Å². The van der Waals surface area contributed by atoms with Gasteiger partial charge in [-0.05, 0) is 53.5 Å². The van der Waals surface area contributed by atoms with Crippen molar-refractivity contribution in [3.05, 3.63) is 76.2 Å². The largest absolute Gasteiger partial charge is 0.0651 e. The SMILES string of the molecule is CCCc1c([C](c2ccccc2)C(C)C)ccc(C)c1CC. The quantitative estimate of drug-likeness (QED) is 0.600. The molecule has 0 saturated carbocycles. The zero-order valence-corrected chi connectivity index (χ0v) is 14.7. The van der Waals surface area contributed by atoms with Crippen LogP contribution in [0.3, 0.4) is 0 Å². The molecular formula is C22H29. The maximum Gasteiger partial charge on any atom is 0.0368 e. The smallest absolute Gasteiger partial charge is 0.0368 e. The third-order valence-electron chi connectivity index (χ3n) is 4.47. The van der Waals surface area contributed by atoms with Crippen molar-refractivity contribution in [1.82, 2.24) is 0 Å². The molecule has 0 bridgehead atoms. The first kappa shape index (κ1) is 16.8. The molecule has 0 aliphatic carbocycles. The summed E-state index contributed by atoms with van der Waals surface area (Å²) >= 11 is 0. The molecule has 0 saturated heterocycles. The Kier molecular flexibility index (Phi) is 5.83. The molecule has 0 aliphatic heterocycles. The van der Waals surface area contributed by atoms with Gasteiger partial charge in [0.2, 0.25) is 0 Å². The standard InChI is InChI=1S/C22H29/c1-6-11-20-19(7-2)17(5)14-15-21(20)22(16(3)4)18-12-9-8-10-13-18/h8-10,12-16H,6-7,11H2,1-5H3. The summed E-state index contributed by atoms with van der Waals surface area (Å²) in [6.07, 6.45) is 3.49. The minimum absolute atomic E-state index is 0.519. The lowest BCUT2D eigenvalue weighted by Crippen LogP contribution is -2.14. The highest BCUT2D eigenvalue weighted by Crippen LogP contribution is 2.35. The summed E-state index contributed by atoms with van der Waals surface area (Å²) in [5, 5.41) is 0. The normalized spacial score (nSPS) is 11.4. The van der Waals surface area contributed by atoms with E-state index in [1.807, 2.05) is 0 Å². The van der Waals surface area contributed by atoms with Crippen LogP contribution >= 0.6 is 0 Å². The molecule has 0 heteroatoms. The van der Waals surface area contributed by atoms with Gasteiger partial charge in [0.1, 0.15) is 0 Å². The maximum absolute atomic E-state index is 2.35. The second-order valence-corrected chi connectivity index (χ2v) is 6.43. The molecule has 0 heterocycles. The highest BCUT2D eigenvalue weighted by Gasteiger charge is 2.23. The van der Waals surface area contributed by atoms with Crippen LogP contribution in [-0.4, -0.2) is 0 Å². The fraction of sp³-hybridized carbons (Fsp3) is 0.409. The molecule has 0 unspecified atom stereocenters. The van der Waals surface area contributed by atoms with E-state index in [0.717, 1.165) is 6.42 Å². The lowest BCUT2D eigenvalue weighted by Gasteiger charge is -2.26. The Bertz CT molecular complexity index is 593. The molecule has 0 nitrogen and oxygen atoms in total. The number of benzene rings is 2. The van der Waals surface area contributed by atoms with E-state index in [1.165, 1.54) is 35.4 Å². The molecule has 0 amide bonds. The Morgan fingerprint density at radius 2 is 1.59 bits per heavy atom. The summed E-state index contributed by atoms with van der Waals surface area (Å²) in [6.45, 7) is 11.4. The van der Waals surface area contributed by atoms with Gasteiger partial charge in [-0.2, -0.15) is 0 Å². The van der Waals surface area contributed by atoms with E-state index < -0.39 is 0 Å². The molecule has 22 heavy (non-hydrogen) atoms. The van der Waals surface area contributed by atoms with Gasteiger partial charge in [0.05, 0.1) is 0 Å². The Morgan fingerprint density at radius 3 is 2.14 bits per heavy atom. The molecule has 0 fully saturated rings. The summed E-state index contributed by atoms with van der Waals surface area (Å²) < 4.78 is 0. The van der Waals surface area contributed by atoms with E-state index in [1.54, 1.807) is 11.1 Å². The van der Waals surface area contributed by atoms with Crippen LogP contribution in [0, 0.1) is 18.8 Å². The van der Waals surface area contributed by atoms with Crippen molar-refractivity contribution in [3.63, 3.8) is 0 Å². The summed E-state index contributed by atoms with van der Waals surface area (Å²) in [5.41, 5.74) is 7.38. The minimum atomic E-state index is 0.519. The Labute approximate surface area is 136 Å². The van der Waals surface area contributed by atoms with Gasteiger partial charge in [0, 0.05) is 5.92 Å². The first-order valence-corrected chi connectivity index (χ1v) is 8.64. The second-order valence-electron chi connectivity index (χ2n) is 6.43. The zero-order valence-electron chi connectivity index (χ0n) is 14.7. The van der Waals surface area contributed by atoms with Crippen molar-refractivity contribution in [2.24, 2.45) is 5.92 Å². The van der Waals surface area contributed by atoms with Crippen molar-refractivity contribution in [1.29, 1.82) is 0 Å². The number of aryl methyl sites for hydroxylation is 1. The number of hydrogen-bond donors (Lipinski definition) is 0. The van der Waals surface area contributed by atoms with Gasteiger partial charge in [-0.3, -0.25) is 0 Å². The molecule has 0 aromatic heterocycles. The van der Waals surface area contributed by atoms with Crippen LogP contribution < -0.4 is 0 Å². The Balaban J connectivity index is 2.61. The van der Waals surface area contributed by atoms with E-state index >= 15 is 0 Å². The fourth-order valence-electron chi connectivity index (χ4n) is 3.51. The van der Waals surface area contributed by atoms with E-state index in [4.69, 9.17) is 0 Å². The van der Waals surface area contributed by atoms with Crippen LogP contribution in [0.25, 0.3) is 0 Å². The molecule has 2 aromatic carbocycles. The second kappa shape index (κ2) is 7.63. The van der Waals surface area contributed by atoms with Crippen molar-refractivity contribution >= 4 is 0 Å². The molecule has 1 radical (unpaired) electrons. The molecule has 117 valence electrons. The predicted molar refractivity (Wildman–Crippen MR) is 97.3 cm³/mol. The van der Waals surface area contributed by atoms with Crippen LogP contribution in [0.1, 0.15) is 61.9 Å². The van der Waals surface area contributed by atoms with Gasteiger partial charge in [-0.15, -0.1) is 0 Å². The van der Waals surface area contributed by atoms with Crippen LogP contribution in [0.4, 0.5) is 0 Å². The minimum Gasteiger partial charge on any atom is -0.0651 e. The summed E-state index contributed by atoms with van der Waals surface area (Å²) in [7, 11) is 0. The van der Waals surface area contributed by atoms with Crippen molar-refractivity contribution in [3.8, 4) is 0 Å². The van der Waals surface area contributed by atoms with Gasteiger partial charge in [0.15, 0.2) is 0 Å². The van der Waals surface area contributed by atoms with Crippen molar-refractivity contribution < 1.29 is 0 Å². The van der Waals surface area contributed by atoms with Gasteiger partial charge in [0.25, 0.3) is 0 Å².